The molecule has 1 aliphatic carbocycles. The molecule has 1 aliphatic heterocycles. The van der Waals surface area contributed by atoms with E-state index in [0.29, 0.717) is 13.1 Å². The quantitative estimate of drug-likeness (QED) is 0.649. The van der Waals surface area contributed by atoms with Crippen molar-refractivity contribution in [3.8, 4) is 0 Å². The molecule has 1 saturated heterocycles. The molecule has 160 valence electrons. The lowest BCUT2D eigenvalue weighted by Crippen LogP contribution is -2.49. The minimum atomic E-state index is -0.0194. The Kier molecular flexibility index (Phi) is 9.47. The van der Waals surface area contributed by atoms with Gasteiger partial charge in [0.1, 0.15) is 0 Å². The molecule has 2 rings (SSSR count). The number of nitrogens with one attached hydrogen (secondary N) is 2. The summed E-state index contributed by atoms with van der Waals surface area (Å²) in [7, 11) is 0. The number of carbonyl (C=O) groups excluding carboxylic acids is 3. The maximum absolute atomic E-state index is 12.6. The van der Waals surface area contributed by atoms with Crippen LogP contribution in [0.4, 0.5) is 0 Å². The van der Waals surface area contributed by atoms with E-state index in [0.717, 1.165) is 38.5 Å². The highest BCUT2D eigenvalue weighted by molar-refractivity contribution is 8.00. The Labute approximate surface area is 177 Å². The molecule has 0 spiro atoms. The number of hydrogen-bond donors (Lipinski definition) is 2. The Bertz CT molecular complexity index is 545. The van der Waals surface area contributed by atoms with E-state index in [9.17, 15) is 14.4 Å². The number of piperidine rings is 1. The third-order valence-corrected chi connectivity index (χ3v) is 7.85. The smallest absolute Gasteiger partial charge is 0.235 e. The van der Waals surface area contributed by atoms with Gasteiger partial charge in [-0.05, 0) is 64.9 Å². The van der Waals surface area contributed by atoms with Gasteiger partial charge in [0.05, 0.1) is 10.5 Å². The highest BCUT2D eigenvalue weighted by Crippen LogP contribution is 2.23. The molecule has 0 aromatic rings. The van der Waals surface area contributed by atoms with Crippen LogP contribution in [-0.4, -0.2) is 70.8 Å². The first-order valence-electron chi connectivity index (χ1n) is 10.3. The summed E-state index contributed by atoms with van der Waals surface area (Å²) in [5.74, 6) is 0.432. The second-order valence-electron chi connectivity index (χ2n) is 7.92. The average molecular weight is 430 g/mol. The molecule has 2 fully saturated rings. The largest absolute Gasteiger partial charge is 0.353 e. The summed E-state index contributed by atoms with van der Waals surface area (Å²) in [6.45, 7) is 5.21. The fraction of sp³-hybridized carbons (Fsp3) is 0.850. The SMILES string of the molecule is CS[C@@H](C)C(=O)NC1CCC(NC(=O)C2CCN(C(=O)[C@@H](C)SC)CC2)CC1. The maximum atomic E-state index is 12.6. The number of thioether (sulfide) groups is 2. The van der Waals surface area contributed by atoms with Crippen molar-refractivity contribution in [2.45, 2.75) is 75.0 Å². The minimum Gasteiger partial charge on any atom is -0.353 e. The normalized spacial score (nSPS) is 25.6. The van der Waals surface area contributed by atoms with Crippen LogP contribution in [0.3, 0.4) is 0 Å². The summed E-state index contributed by atoms with van der Waals surface area (Å²) in [6, 6.07) is 0.428. The van der Waals surface area contributed by atoms with Gasteiger partial charge in [-0.2, -0.15) is 23.5 Å². The van der Waals surface area contributed by atoms with Crippen molar-refractivity contribution in [3.63, 3.8) is 0 Å². The van der Waals surface area contributed by atoms with E-state index in [2.05, 4.69) is 10.6 Å². The second kappa shape index (κ2) is 11.3. The molecule has 2 atom stereocenters. The van der Waals surface area contributed by atoms with Crippen LogP contribution in [0.15, 0.2) is 0 Å². The number of hydrogen-bond acceptors (Lipinski definition) is 5. The topological polar surface area (TPSA) is 78.5 Å². The van der Waals surface area contributed by atoms with Crippen LogP contribution in [0.5, 0.6) is 0 Å². The molecular formula is C20H35N3O3S2. The van der Waals surface area contributed by atoms with Gasteiger partial charge >= 0.3 is 0 Å². The first kappa shape index (κ1) is 23.4. The van der Waals surface area contributed by atoms with Gasteiger partial charge in [0, 0.05) is 31.1 Å². The lowest BCUT2D eigenvalue weighted by Gasteiger charge is -2.34. The number of rotatable bonds is 7. The molecule has 6 nitrogen and oxygen atoms in total. The van der Waals surface area contributed by atoms with Gasteiger partial charge in [0.15, 0.2) is 0 Å². The molecule has 2 aliphatic rings. The minimum absolute atomic E-state index is 0.00786. The van der Waals surface area contributed by atoms with Crippen molar-refractivity contribution in [2.75, 3.05) is 25.6 Å². The van der Waals surface area contributed by atoms with E-state index in [4.69, 9.17) is 0 Å². The van der Waals surface area contributed by atoms with Crippen LogP contribution in [0.1, 0.15) is 52.4 Å². The molecule has 0 radical (unpaired) electrons. The van der Waals surface area contributed by atoms with Gasteiger partial charge in [0.2, 0.25) is 17.7 Å². The molecule has 0 unspecified atom stereocenters. The summed E-state index contributed by atoms with van der Waals surface area (Å²) >= 11 is 3.12. The van der Waals surface area contributed by atoms with Gasteiger partial charge in [-0.3, -0.25) is 14.4 Å². The Hall–Kier alpha value is -0.890. The number of amides is 3. The lowest BCUT2D eigenvalue weighted by atomic mass is 9.89. The van der Waals surface area contributed by atoms with Gasteiger partial charge in [-0.25, -0.2) is 0 Å². The van der Waals surface area contributed by atoms with Crippen molar-refractivity contribution in [2.24, 2.45) is 5.92 Å². The summed E-state index contributed by atoms with van der Waals surface area (Å²) in [5, 5.41) is 6.30. The van der Waals surface area contributed by atoms with Gasteiger partial charge in [-0.1, -0.05) is 0 Å². The molecule has 28 heavy (non-hydrogen) atoms. The van der Waals surface area contributed by atoms with Crippen LogP contribution in [0, 0.1) is 5.92 Å². The summed E-state index contributed by atoms with van der Waals surface area (Å²) in [6.07, 6.45) is 9.04. The number of nitrogens with zero attached hydrogens (tertiary/aromatic N) is 1. The fourth-order valence-electron chi connectivity index (χ4n) is 3.85. The Morgan fingerprint density at radius 1 is 0.821 bits per heavy atom. The van der Waals surface area contributed by atoms with E-state index in [1.165, 1.54) is 0 Å². The summed E-state index contributed by atoms with van der Waals surface area (Å²) in [5.41, 5.74) is 0. The monoisotopic (exact) mass is 429 g/mol. The van der Waals surface area contributed by atoms with Crippen molar-refractivity contribution in [3.05, 3.63) is 0 Å². The van der Waals surface area contributed by atoms with Crippen LogP contribution < -0.4 is 10.6 Å². The highest BCUT2D eigenvalue weighted by Gasteiger charge is 2.31. The van der Waals surface area contributed by atoms with E-state index >= 15 is 0 Å². The molecule has 3 amide bonds. The summed E-state index contributed by atoms with van der Waals surface area (Å²) in [4.78, 5) is 38.8. The molecular weight excluding hydrogens is 394 g/mol. The predicted octanol–water partition coefficient (Wildman–Crippen LogP) is 2.27. The van der Waals surface area contributed by atoms with Gasteiger partial charge in [0.25, 0.3) is 0 Å². The molecule has 1 heterocycles. The van der Waals surface area contributed by atoms with Crippen molar-refractivity contribution >= 4 is 41.2 Å². The van der Waals surface area contributed by atoms with Crippen molar-refractivity contribution in [1.82, 2.24) is 15.5 Å². The van der Waals surface area contributed by atoms with Crippen LogP contribution in [0.2, 0.25) is 0 Å². The lowest BCUT2D eigenvalue weighted by molar-refractivity contribution is -0.135. The molecule has 1 saturated carbocycles. The van der Waals surface area contributed by atoms with Crippen molar-refractivity contribution < 1.29 is 14.4 Å². The highest BCUT2D eigenvalue weighted by atomic mass is 32.2. The molecule has 8 heteroatoms. The van der Waals surface area contributed by atoms with E-state index in [1.807, 2.05) is 31.3 Å². The Morgan fingerprint density at radius 2 is 1.32 bits per heavy atom. The van der Waals surface area contributed by atoms with Crippen molar-refractivity contribution in [1.29, 1.82) is 0 Å². The Balaban J connectivity index is 1.69. The zero-order valence-electron chi connectivity index (χ0n) is 17.5. The van der Waals surface area contributed by atoms with E-state index in [-0.39, 0.29) is 46.2 Å². The van der Waals surface area contributed by atoms with E-state index < -0.39 is 0 Å². The molecule has 0 bridgehead atoms. The third-order valence-electron chi connectivity index (χ3n) is 6.02. The van der Waals surface area contributed by atoms with Crippen LogP contribution in [0.25, 0.3) is 0 Å². The zero-order chi connectivity index (χ0) is 20.7. The fourth-order valence-corrected chi connectivity index (χ4v) is 4.48. The second-order valence-corrected chi connectivity index (χ2v) is 10.3. The zero-order valence-corrected chi connectivity index (χ0v) is 19.2. The van der Waals surface area contributed by atoms with Gasteiger partial charge < -0.3 is 15.5 Å². The van der Waals surface area contributed by atoms with Crippen LogP contribution in [-0.2, 0) is 14.4 Å². The predicted molar refractivity (Wildman–Crippen MR) is 118 cm³/mol. The third kappa shape index (κ3) is 6.58. The molecule has 0 aromatic heterocycles. The Morgan fingerprint density at radius 3 is 1.82 bits per heavy atom. The molecule has 0 aromatic carbocycles. The van der Waals surface area contributed by atoms with E-state index in [1.54, 1.807) is 23.5 Å². The first-order valence-corrected chi connectivity index (χ1v) is 12.9. The maximum Gasteiger partial charge on any atom is 0.235 e. The molecule has 2 N–H and O–H groups in total. The number of carbonyl (C=O) groups is 3. The average Bonchev–Trinajstić information content (AvgIpc) is 2.73. The summed E-state index contributed by atoms with van der Waals surface area (Å²) < 4.78 is 0. The van der Waals surface area contributed by atoms with Crippen LogP contribution >= 0.6 is 23.5 Å². The first-order chi connectivity index (χ1) is 13.3. The van der Waals surface area contributed by atoms with Gasteiger partial charge in [-0.15, -0.1) is 0 Å². The standard InChI is InChI=1S/C20H35N3O3S2/c1-13(27-3)18(24)21-16-5-7-17(8-6-16)22-19(25)15-9-11-23(12-10-15)20(26)14(2)28-4/h13-17H,5-12H2,1-4H3,(H,21,24)(H,22,25)/t13-,14+,16?,17?/m0/s1. The number of likely N-dealkylation sites (tertiary alicyclic amines) is 1.